The van der Waals surface area contributed by atoms with Gasteiger partial charge in [-0.1, -0.05) is 29.8 Å². The monoisotopic (exact) mass is 408 g/mol. The first-order valence-electron chi connectivity index (χ1n) is 8.28. The minimum Gasteiger partial charge on any atom is -0.396 e. The molecule has 0 aliphatic rings. The number of hydrogen-bond acceptors (Lipinski definition) is 4. The Bertz CT molecular complexity index is 1060. The van der Waals surface area contributed by atoms with Crippen LogP contribution in [0.4, 0.5) is 4.39 Å². The highest BCUT2D eigenvalue weighted by Gasteiger charge is 2.18. The number of nitrogens with one attached hydrogen (secondary N) is 1. The molecule has 8 heteroatoms. The number of aromatic nitrogens is 2. The van der Waals surface area contributed by atoms with Gasteiger partial charge in [0.05, 0.1) is 16.3 Å². The van der Waals surface area contributed by atoms with Crippen molar-refractivity contribution in [3.8, 4) is 22.4 Å². The molecule has 1 heterocycles. The van der Waals surface area contributed by atoms with Gasteiger partial charge in [0.2, 0.25) is 0 Å². The summed E-state index contributed by atoms with van der Waals surface area (Å²) >= 11 is 6.23. The van der Waals surface area contributed by atoms with Crippen molar-refractivity contribution in [2.24, 2.45) is 0 Å². The fourth-order valence-electron chi connectivity index (χ4n) is 2.79. The fraction of sp³-hybridized carbons (Fsp3) is 0.211. The summed E-state index contributed by atoms with van der Waals surface area (Å²) in [6.07, 6.45) is 0.189. The number of hydrogen-bond donors (Lipinski definition) is 2. The second kappa shape index (κ2) is 7.80. The summed E-state index contributed by atoms with van der Waals surface area (Å²) in [4.78, 5) is 0.185. The van der Waals surface area contributed by atoms with E-state index in [4.69, 9.17) is 16.7 Å². The number of aromatic amines is 1. The highest BCUT2D eigenvalue weighted by molar-refractivity contribution is 7.91. The van der Waals surface area contributed by atoms with Crippen LogP contribution in [0.1, 0.15) is 12.0 Å². The molecular weight excluding hydrogens is 391 g/mol. The number of rotatable bonds is 6. The van der Waals surface area contributed by atoms with Crippen LogP contribution in [0.5, 0.6) is 0 Å². The van der Waals surface area contributed by atoms with Crippen molar-refractivity contribution in [2.75, 3.05) is 12.4 Å². The van der Waals surface area contributed by atoms with E-state index in [-0.39, 0.29) is 34.6 Å². The lowest BCUT2D eigenvalue weighted by Crippen LogP contribution is -2.08. The number of benzene rings is 2. The number of aryl methyl sites for hydroxylation is 1. The van der Waals surface area contributed by atoms with Crippen LogP contribution in [0.3, 0.4) is 0 Å². The SMILES string of the molecule is Cc1cc(-c2c(Cl)n[nH]c2-c2ccc(S(=O)(=O)CCCO)cc2)ccc1F. The lowest BCUT2D eigenvalue weighted by atomic mass is 10.00. The maximum Gasteiger partial charge on any atom is 0.178 e. The maximum absolute atomic E-state index is 13.6. The summed E-state index contributed by atoms with van der Waals surface area (Å²) in [6.45, 7) is 1.49. The molecule has 3 aromatic rings. The molecule has 2 aromatic carbocycles. The minimum atomic E-state index is -3.44. The smallest absolute Gasteiger partial charge is 0.178 e. The molecule has 1 aromatic heterocycles. The third kappa shape index (κ3) is 4.05. The summed E-state index contributed by atoms with van der Waals surface area (Å²) in [5, 5.41) is 16.0. The predicted octanol–water partition coefficient (Wildman–Crippen LogP) is 4.00. The molecule has 0 spiro atoms. The van der Waals surface area contributed by atoms with Gasteiger partial charge >= 0.3 is 0 Å². The van der Waals surface area contributed by atoms with Crippen molar-refractivity contribution >= 4 is 21.4 Å². The molecule has 5 nitrogen and oxygen atoms in total. The Hall–Kier alpha value is -2.22. The third-order valence-corrected chi connectivity index (χ3v) is 6.33. The lowest BCUT2D eigenvalue weighted by Gasteiger charge is -2.08. The molecular formula is C19H18ClFN2O3S. The summed E-state index contributed by atoms with van der Waals surface area (Å²) in [7, 11) is -3.44. The molecule has 0 aliphatic heterocycles. The van der Waals surface area contributed by atoms with Gasteiger partial charge in [0.15, 0.2) is 15.0 Å². The van der Waals surface area contributed by atoms with E-state index in [1.54, 1.807) is 31.2 Å². The Morgan fingerprint density at radius 1 is 1.15 bits per heavy atom. The molecule has 0 unspecified atom stereocenters. The number of halogens is 2. The number of aliphatic hydroxyl groups excluding tert-OH is 1. The van der Waals surface area contributed by atoms with Gasteiger partial charge in [0, 0.05) is 17.7 Å². The largest absolute Gasteiger partial charge is 0.396 e. The van der Waals surface area contributed by atoms with Crippen molar-refractivity contribution in [3.05, 3.63) is 59.0 Å². The Labute approximate surface area is 161 Å². The first kappa shape index (κ1) is 19.5. The quantitative estimate of drug-likeness (QED) is 0.645. The second-order valence-electron chi connectivity index (χ2n) is 6.15. The van der Waals surface area contributed by atoms with Crippen LogP contribution in [-0.4, -0.2) is 36.1 Å². The van der Waals surface area contributed by atoms with Crippen LogP contribution >= 0.6 is 11.6 Å². The molecule has 0 fully saturated rings. The van der Waals surface area contributed by atoms with Gasteiger partial charge in [-0.05, 0) is 48.7 Å². The highest BCUT2D eigenvalue weighted by Crippen LogP contribution is 2.36. The van der Waals surface area contributed by atoms with Crippen molar-refractivity contribution in [2.45, 2.75) is 18.2 Å². The Morgan fingerprint density at radius 3 is 2.44 bits per heavy atom. The Kier molecular flexibility index (Phi) is 5.64. The van der Waals surface area contributed by atoms with Crippen LogP contribution in [0.25, 0.3) is 22.4 Å². The standard InChI is InChI=1S/C19H18ClFN2O3S/c1-12-11-14(5-8-16(12)21)17-18(22-23-19(17)20)13-3-6-15(7-4-13)27(25,26)10-2-9-24/h3-8,11,24H,2,9-10H2,1H3,(H,22,23). The topological polar surface area (TPSA) is 83.0 Å². The molecule has 2 N–H and O–H groups in total. The van der Waals surface area contributed by atoms with E-state index in [2.05, 4.69) is 10.2 Å². The maximum atomic E-state index is 13.6. The highest BCUT2D eigenvalue weighted by atomic mass is 35.5. The van der Waals surface area contributed by atoms with E-state index in [1.807, 2.05) is 0 Å². The van der Waals surface area contributed by atoms with Crippen molar-refractivity contribution in [1.82, 2.24) is 10.2 Å². The van der Waals surface area contributed by atoms with E-state index in [0.29, 0.717) is 27.9 Å². The van der Waals surface area contributed by atoms with Crippen LogP contribution in [0.15, 0.2) is 47.4 Å². The van der Waals surface area contributed by atoms with Crippen LogP contribution in [-0.2, 0) is 9.84 Å². The average molecular weight is 409 g/mol. The first-order chi connectivity index (χ1) is 12.8. The predicted molar refractivity (Wildman–Crippen MR) is 103 cm³/mol. The van der Waals surface area contributed by atoms with Gasteiger partial charge in [0.1, 0.15) is 5.82 Å². The van der Waals surface area contributed by atoms with Crippen molar-refractivity contribution in [1.29, 1.82) is 0 Å². The zero-order valence-corrected chi connectivity index (χ0v) is 16.1. The number of sulfone groups is 1. The molecule has 27 heavy (non-hydrogen) atoms. The Balaban J connectivity index is 2.00. The first-order valence-corrected chi connectivity index (χ1v) is 10.3. The van der Waals surface area contributed by atoms with Gasteiger partial charge in [-0.3, -0.25) is 5.10 Å². The summed E-state index contributed by atoms with van der Waals surface area (Å²) < 4.78 is 38.0. The third-order valence-electron chi connectivity index (χ3n) is 4.24. The van der Waals surface area contributed by atoms with Crippen LogP contribution < -0.4 is 0 Å². The van der Waals surface area contributed by atoms with Gasteiger partial charge in [-0.2, -0.15) is 5.10 Å². The van der Waals surface area contributed by atoms with Crippen molar-refractivity contribution in [3.63, 3.8) is 0 Å². The minimum absolute atomic E-state index is 0.112. The average Bonchev–Trinajstić information content (AvgIpc) is 3.04. The molecule has 0 aliphatic carbocycles. The van der Waals surface area contributed by atoms with E-state index in [0.717, 1.165) is 0 Å². The van der Waals surface area contributed by atoms with Gasteiger partial charge in [0.25, 0.3) is 0 Å². The Morgan fingerprint density at radius 2 is 1.81 bits per heavy atom. The van der Waals surface area contributed by atoms with Crippen LogP contribution in [0.2, 0.25) is 5.15 Å². The molecule has 0 saturated heterocycles. The molecule has 0 amide bonds. The van der Waals surface area contributed by atoms with Gasteiger partial charge < -0.3 is 5.11 Å². The molecule has 0 saturated carbocycles. The lowest BCUT2D eigenvalue weighted by molar-refractivity contribution is 0.295. The second-order valence-corrected chi connectivity index (χ2v) is 8.62. The van der Waals surface area contributed by atoms with Gasteiger partial charge in [-0.25, -0.2) is 12.8 Å². The normalized spacial score (nSPS) is 11.7. The molecule has 0 radical (unpaired) electrons. The van der Waals surface area contributed by atoms with Crippen LogP contribution in [0, 0.1) is 12.7 Å². The summed E-state index contributed by atoms with van der Waals surface area (Å²) in [5.74, 6) is -0.420. The zero-order valence-electron chi connectivity index (χ0n) is 14.5. The molecule has 142 valence electrons. The van der Waals surface area contributed by atoms with Gasteiger partial charge in [-0.15, -0.1) is 0 Å². The number of H-pyrrole nitrogens is 1. The summed E-state index contributed by atoms with van der Waals surface area (Å²) in [6, 6.07) is 11.0. The van der Waals surface area contributed by atoms with E-state index >= 15 is 0 Å². The molecule has 0 bridgehead atoms. The molecule has 3 rings (SSSR count). The van der Waals surface area contributed by atoms with Crippen molar-refractivity contribution < 1.29 is 17.9 Å². The molecule has 0 atom stereocenters. The fourth-order valence-corrected chi connectivity index (χ4v) is 4.34. The van der Waals surface area contributed by atoms with E-state index < -0.39 is 9.84 Å². The summed E-state index contributed by atoms with van der Waals surface area (Å²) in [5.41, 5.74) is 3.14. The van der Waals surface area contributed by atoms with E-state index in [1.165, 1.54) is 18.2 Å². The number of aliphatic hydroxyl groups is 1. The van der Waals surface area contributed by atoms with E-state index in [9.17, 15) is 12.8 Å². The zero-order chi connectivity index (χ0) is 19.6. The number of nitrogens with zero attached hydrogens (tertiary/aromatic N) is 1.